The van der Waals surface area contributed by atoms with Crippen molar-refractivity contribution in [2.75, 3.05) is 0 Å². The number of aryl methyl sites for hydroxylation is 1. The maximum Gasteiger partial charge on any atom is 0.159 e. The molecule has 0 N–H and O–H groups in total. The lowest BCUT2D eigenvalue weighted by atomic mass is 10.1. The molecule has 1 heterocycles. The molecule has 17 heavy (non-hydrogen) atoms. The highest BCUT2D eigenvalue weighted by Crippen LogP contribution is 2.22. The molecule has 2 heteroatoms. The SMILES string of the molecule is Cc1nc(C2=CCCC=C2)nc2ccccc12. The fraction of sp³-hybridized carbons (Fsp3) is 0.200. The number of para-hydroxylation sites is 1. The van der Waals surface area contributed by atoms with Crippen molar-refractivity contribution in [2.45, 2.75) is 19.8 Å². The second kappa shape index (κ2) is 4.13. The molecular formula is C15H14N2. The predicted molar refractivity (Wildman–Crippen MR) is 70.6 cm³/mol. The quantitative estimate of drug-likeness (QED) is 0.735. The van der Waals surface area contributed by atoms with Crippen LogP contribution in [0.4, 0.5) is 0 Å². The van der Waals surface area contributed by atoms with E-state index in [4.69, 9.17) is 0 Å². The van der Waals surface area contributed by atoms with Gasteiger partial charge in [0.2, 0.25) is 0 Å². The number of fused-ring (bicyclic) bond motifs is 1. The summed E-state index contributed by atoms with van der Waals surface area (Å²) in [6.45, 7) is 2.04. The Balaban J connectivity index is 2.18. The molecule has 1 aliphatic rings. The number of rotatable bonds is 1. The van der Waals surface area contributed by atoms with Crippen molar-refractivity contribution in [3.63, 3.8) is 0 Å². The molecule has 0 aliphatic heterocycles. The summed E-state index contributed by atoms with van der Waals surface area (Å²) in [5, 5.41) is 1.14. The zero-order valence-corrected chi connectivity index (χ0v) is 9.85. The van der Waals surface area contributed by atoms with Crippen LogP contribution < -0.4 is 0 Å². The molecule has 0 amide bonds. The molecule has 0 fully saturated rings. The molecule has 0 atom stereocenters. The highest BCUT2D eigenvalue weighted by molar-refractivity contribution is 5.83. The summed E-state index contributed by atoms with van der Waals surface area (Å²) in [5.41, 5.74) is 3.21. The lowest BCUT2D eigenvalue weighted by molar-refractivity contribution is 1.03. The number of hydrogen-bond donors (Lipinski definition) is 0. The highest BCUT2D eigenvalue weighted by Gasteiger charge is 2.07. The maximum atomic E-state index is 4.63. The van der Waals surface area contributed by atoms with Crippen molar-refractivity contribution >= 4 is 16.5 Å². The van der Waals surface area contributed by atoms with Crippen LogP contribution in [0, 0.1) is 6.92 Å². The molecule has 0 saturated carbocycles. The number of aromatic nitrogens is 2. The van der Waals surface area contributed by atoms with E-state index in [-0.39, 0.29) is 0 Å². The average molecular weight is 222 g/mol. The van der Waals surface area contributed by atoms with Crippen molar-refractivity contribution in [1.82, 2.24) is 9.97 Å². The Morgan fingerprint density at radius 1 is 1.06 bits per heavy atom. The van der Waals surface area contributed by atoms with Gasteiger partial charge in [0.05, 0.1) is 5.52 Å². The van der Waals surface area contributed by atoms with Crippen LogP contribution in [0.2, 0.25) is 0 Å². The molecule has 1 aromatic carbocycles. The van der Waals surface area contributed by atoms with E-state index in [1.165, 1.54) is 0 Å². The van der Waals surface area contributed by atoms with Crippen LogP contribution in [0.5, 0.6) is 0 Å². The minimum Gasteiger partial charge on any atom is -0.233 e. The average Bonchev–Trinajstić information content (AvgIpc) is 2.40. The molecule has 0 bridgehead atoms. The number of nitrogens with zero attached hydrogens (tertiary/aromatic N) is 2. The smallest absolute Gasteiger partial charge is 0.159 e. The first-order valence-corrected chi connectivity index (χ1v) is 5.95. The fourth-order valence-corrected chi connectivity index (χ4v) is 2.14. The molecule has 0 radical (unpaired) electrons. The van der Waals surface area contributed by atoms with E-state index in [9.17, 15) is 0 Å². The molecule has 3 rings (SSSR count). The summed E-state index contributed by atoms with van der Waals surface area (Å²) in [7, 11) is 0. The zero-order chi connectivity index (χ0) is 11.7. The first kappa shape index (κ1) is 10.2. The van der Waals surface area contributed by atoms with Crippen LogP contribution in [0.25, 0.3) is 16.5 Å². The highest BCUT2D eigenvalue weighted by atomic mass is 14.9. The fourth-order valence-electron chi connectivity index (χ4n) is 2.14. The van der Waals surface area contributed by atoms with E-state index in [1.54, 1.807) is 0 Å². The Kier molecular flexibility index (Phi) is 2.48. The molecule has 2 aromatic rings. The van der Waals surface area contributed by atoms with Gasteiger partial charge < -0.3 is 0 Å². The summed E-state index contributed by atoms with van der Waals surface area (Å²) in [6, 6.07) is 8.15. The third-order valence-electron chi connectivity index (χ3n) is 3.05. The molecule has 0 saturated heterocycles. The number of benzene rings is 1. The Bertz CT molecular complexity index is 624. The van der Waals surface area contributed by atoms with Crippen LogP contribution in [0.1, 0.15) is 24.4 Å². The van der Waals surface area contributed by atoms with Crippen molar-refractivity contribution in [1.29, 1.82) is 0 Å². The Hall–Kier alpha value is -1.96. The van der Waals surface area contributed by atoms with Gasteiger partial charge >= 0.3 is 0 Å². The minimum absolute atomic E-state index is 0.845. The molecule has 1 aromatic heterocycles. The van der Waals surface area contributed by atoms with Crippen LogP contribution >= 0.6 is 0 Å². The second-order valence-corrected chi connectivity index (χ2v) is 4.29. The Morgan fingerprint density at radius 3 is 2.76 bits per heavy atom. The normalized spacial score (nSPS) is 15.0. The van der Waals surface area contributed by atoms with E-state index in [0.29, 0.717) is 0 Å². The van der Waals surface area contributed by atoms with E-state index in [1.807, 2.05) is 25.1 Å². The summed E-state index contributed by atoms with van der Waals surface area (Å²) < 4.78 is 0. The van der Waals surface area contributed by atoms with E-state index in [0.717, 1.165) is 40.8 Å². The summed E-state index contributed by atoms with van der Waals surface area (Å²) in [5.74, 6) is 0.845. The topological polar surface area (TPSA) is 25.8 Å². The molecule has 0 spiro atoms. The van der Waals surface area contributed by atoms with Crippen molar-refractivity contribution in [3.05, 3.63) is 54.0 Å². The van der Waals surface area contributed by atoms with E-state index in [2.05, 4.69) is 34.3 Å². The second-order valence-electron chi connectivity index (χ2n) is 4.29. The molecule has 84 valence electrons. The van der Waals surface area contributed by atoms with Gasteiger partial charge in [0.25, 0.3) is 0 Å². The van der Waals surface area contributed by atoms with Crippen molar-refractivity contribution in [3.8, 4) is 0 Å². The molecule has 0 unspecified atom stereocenters. The van der Waals surface area contributed by atoms with Gasteiger partial charge in [-0.25, -0.2) is 9.97 Å². The van der Waals surface area contributed by atoms with Gasteiger partial charge in [-0.3, -0.25) is 0 Å². The lowest BCUT2D eigenvalue weighted by Gasteiger charge is -2.08. The van der Waals surface area contributed by atoms with E-state index < -0.39 is 0 Å². The van der Waals surface area contributed by atoms with Gasteiger partial charge in [-0.05, 0) is 25.8 Å². The largest absolute Gasteiger partial charge is 0.233 e. The standard InChI is InChI=1S/C15H14N2/c1-11-13-9-5-6-10-14(13)17-15(16-11)12-7-3-2-4-8-12/h3,5-10H,2,4H2,1H3. The lowest BCUT2D eigenvalue weighted by Crippen LogP contribution is -1.98. The van der Waals surface area contributed by atoms with Crippen LogP contribution in [-0.2, 0) is 0 Å². The predicted octanol–water partition coefficient (Wildman–Crippen LogP) is 3.67. The molecular weight excluding hydrogens is 208 g/mol. The van der Waals surface area contributed by atoms with Gasteiger partial charge in [0.1, 0.15) is 0 Å². The van der Waals surface area contributed by atoms with Gasteiger partial charge in [0.15, 0.2) is 5.82 Å². The van der Waals surface area contributed by atoms with Crippen molar-refractivity contribution in [2.24, 2.45) is 0 Å². The summed E-state index contributed by atoms with van der Waals surface area (Å²) in [4.78, 5) is 9.22. The van der Waals surface area contributed by atoms with Crippen molar-refractivity contribution < 1.29 is 0 Å². The van der Waals surface area contributed by atoms with Crippen LogP contribution in [-0.4, -0.2) is 9.97 Å². The number of allylic oxidation sites excluding steroid dienone is 4. The molecule has 2 nitrogen and oxygen atoms in total. The summed E-state index contributed by atoms with van der Waals surface area (Å²) in [6.07, 6.45) is 8.72. The monoisotopic (exact) mass is 222 g/mol. The van der Waals surface area contributed by atoms with Gasteiger partial charge in [-0.1, -0.05) is 36.4 Å². The maximum absolute atomic E-state index is 4.63. The zero-order valence-electron chi connectivity index (χ0n) is 9.85. The number of hydrogen-bond acceptors (Lipinski definition) is 2. The first-order valence-electron chi connectivity index (χ1n) is 5.95. The van der Waals surface area contributed by atoms with Gasteiger partial charge in [-0.2, -0.15) is 0 Å². The first-order chi connectivity index (χ1) is 8.34. The Labute approximate surface area is 101 Å². The summed E-state index contributed by atoms with van der Waals surface area (Å²) >= 11 is 0. The molecule has 1 aliphatic carbocycles. The van der Waals surface area contributed by atoms with Gasteiger partial charge in [0, 0.05) is 16.7 Å². The van der Waals surface area contributed by atoms with Crippen LogP contribution in [0.15, 0.2) is 42.5 Å². The van der Waals surface area contributed by atoms with E-state index >= 15 is 0 Å². The minimum atomic E-state index is 0.845. The van der Waals surface area contributed by atoms with Crippen LogP contribution in [0.3, 0.4) is 0 Å². The Morgan fingerprint density at radius 2 is 1.94 bits per heavy atom. The third-order valence-corrected chi connectivity index (χ3v) is 3.05. The third kappa shape index (κ3) is 1.86. The van der Waals surface area contributed by atoms with Gasteiger partial charge in [-0.15, -0.1) is 0 Å².